The van der Waals surface area contributed by atoms with Crippen LogP contribution in [0.1, 0.15) is 18.6 Å². The minimum absolute atomic E-state index is 0.515. The molecule has 0 bridgehead atoms. The van der Waals surface area contributed by atoms with Crippen molar-refractivity contribution in [2.45, 2.75) is 13.0 Å². The Morgan fingerprint density at radius 2 is 2.00 bits per heavy atom. The van der Waals surface area contributed by atoms with Crippen LogP contribution >= 0.6 is 0 Å². The van der Waals surface area contributed by atoms with Gasteiger partial charge in [-0.15, -0.1) is 5.10 Å². The van der Waals surface area contributed by atoms with Crippen LogP contribution in [0.15, 0.2) is 42.6 Å². The summed E-state index contributed by atoms with van der Waals surface area (Å²) in [6, 6.07) is 11.4. The van der Waals surface area contributed by atoms with Crippen LogP contribution in [0.25, 0.3) is 16.9 Å². The van der Waals surface area contributed by atoms with E-state index in [0.717, 1.165) is 16.6 Å². The van der Waals surface area contributed by atoms with Crippen LogP contribution in [0, 0.1) is 0 Å². The number of para-hydroxylation sites is 1. The van der Waals surface area contributed by atoms with E-state index in [-0.39, 0.29) is 0 Å². The molecular weight excluding hydrogens is 228 g/mol. The summed E-state index contributed by atoms with van der Waals surface area (Å²) < 4.78 is 1.68. The number of pyridine rings is 1. The van der Waals surface area contributed by atoms with E-state index in [9.17, 15) is 5.11 Å². The Bertz CT molecular complexity index is 673. The largest absolute Gasteiger partial charge is 0.389 e. The number of hydrogen-bond acceptors (Lipinski definition) is 4. The summed E-state index contributed by atoms with van der Waals surface area (Å²) in [7, 11) is 0. The van der Waals surface area contributed by atoms with Crippen molar-refractivity contribution in [1.82, 2.24) is 20.0 Å². The van der Waals surface area contributed by atoms with Crippen LogP contribution in [0.2, 0.25) is 0 Å². The predicted molar refractivity (Wildman–Crippen MR) is 67.3 cm³/mol. The first kappa shape index (κ1) is 10.9. The van der Waals surface area contributed by atoms with Crippen LogP contribution < -0.4 is 0 Å². The van der Waals surface area contributed by atoms with Crippen LogP contribution in [0.3, 0.4) is 0 Å². The standard InChI is InChI=1S/C13H12N4O/c1-9(18)10-6-7-13(14-8-10)17-12-5-3-2-4-11(12)15-16-17/h2-9,18H,1H3. The number of benzene rings is 1. The molecule has 0 amide bonds. The fourth-order valence-corrected chi connectivity index (χ4v) is 1.81. The zero-order valence-electron chi connectivity index (χ0n) is 9.85. The Morgan fingerprint density at radius 3 is 2.72 bits per heavy atom. The lowest BCUT2D eigenvalue weighted by Crippen LogP contribution is -2.01. The van der Waals surface area contributed by atoms with Crippen molar-refractivity contribution in [2.24, 2.45) is 0 Å². The number of nitrogens with zero attached hydrogens (tertiary/aromatic N) is 4. The summed E-state index contributed by atoms with van der Waals surface area (Å²) in [4.78, 5) is 4.29. The van der Waals surface area contributed by atoms with E-state index in [1.165, 1.54) is 0 Å². The van der Waals surface area contributed by atoms with Gasteiger partial charge >= 0.3 is 0 Å². The number of rotatable bonds is 2. The second-order valence-corrected chi connectivity index (χ2v) is 4.12. The summed E-state index contributed by atoms with van der Waals surface area (Å²) in [5.74, 6) is 0.688. The molecular formula is C13H12N4O. The molecule has 3 rings (SSSR count). The molecule has 90 valence electrons. The molecule has 0 saturated carbocycles. The lowest BCUT2D eigenvalue weighted by Gasteiger charge is -2.05. The van der Waals surface area contributed by atoms with Crippen molar-refractivity contribution in [3.8, 4) is 5.82 Å². The second kappa shape index (κ2) is 4.19. The molecule has 18 heavy (non-hydrogen) atoms. The Morgan fingerprint density at radius 1 is 1.17 bits per heavy atom. The summed E-state index contributed by atoms with van der Waals surface area (Å²) in [6.07, 6.45) is 1.13. The van der Waals surface area contributed by atoms with Gasteiger partial charge in [-0.1, -0.05) is 23.4 Å². The average molecular weight is 240 g/mol. The maximum atomic E-state index is 9.44. The quantitative estimate of drug-likeness (QED) is 0.742. The van der Waals surface area contributed by atoms with Gasteiger partial charge in [-0.3, -0.25) is 0 Å². The third-order valence-electron chi connectivity index (χ3n) is 2.82. The fourth-order valence-electron chi connectivity index (χ4n) is 1.81. The Balaban J connectivity index is 2.09. The lowest BCUT2D eigenvalue weighted by molar-refractivity contribution is 0.199. The minimum Gasteiger partial charge on any atom is -0.389 e. The van der Waals surface area contributed by atoms with Gasteiger partial charge in [0, 0.05) is 6.20 Å². The van der Waals surface area contributed by atoms with Gasteiger partial charge in [-0.05, 0) is 30.7 Å². The van der Waals surface area contributed by atoms with Crippen molar-refractivity contribution in [3.63, 3.8) is 0 Å². The van der Waals surface area contributed by atoms with E-state index in [4.69, 9.17) is 0 Å². The monoisotopic (exact) mass is 240 g/mol. The molecule has 0 spiro atoms. The first-order chi connectivity index (χ1) is 8.75. The van der Waals surface area contributed by atoms with E-state index in [0.29, 0.717) is 5.82 Å². The smallest absolute Gasteiger partial charge is 0.155 e. The molecule has 5 nitrogen and oxygen atoms in total. The molecule has 0 aliphatic rings. The number of hydrogen-bond donors (Lipinski definition) is 1. The van der Waals surface area contributed by atoms with Gasteiger partial charge in [0.2, 0.25) is 0 Å². The number of aliphatic hydroxyl groups excluding tert-OH is 1. The predicted octanol–water partition coefficient (Wildman–Crippen LogP) is 1.87. The van der Waals surface area contributed by atoms with Crippen LogP contribution in [0.4, 0.5) is 0 Å². The number of fused-ring (bicyclic) bond motifs is 1. The van der Waals surface area contributed by atoms with E-state index >= 15 is 0 Å². The normalized spacial score (nSPS) is 12.8. The summed E-state index contributed by atoms with van der Waals surface area (Å²) in [5, 5.41) is 17.6. The first-order valence-corrected chi connectivity index (χ1v) is 5.70. The van der Waals surface area contributed by atoms with Gasteiger partial charge in [0.1, 0.15) is 5.52 Å². The molecule has 2 heterocycles. The summed E-state index contributed by atoms with van der Waals surface area (Å²) in [5.41, 5.74) is 2.52. The molecule has 1 N–H and O–H groups in total. The van der Waals surface area contributed by atoms with Crippen molar-refractivity contribution < 1.29 is 5.11 Å². The molecule has 0 aliphatic carbocycles. The van der Waals surface area contributed by atoms with Crippen molar-refractivity contribution in [2.75, 3.05) is 0 Å². The molecule has 2 aromatic heterocycles. The maximum Gasteiger partial charge on any atom is 0.155 e. The van der Waals surface area contributed by atoms with Crippen molar-refractivity contribution in [3.05, 3.63) is 48.2 Å². The Kier molecular flexibility index (Phi) is 2.53. The van der Waals surface area contributed by atoms with Gasteiger partial charge in [0.25, 0.3) is 0 Å². The van der Waals surface area contributed by atoms with Gasteiger partial charge in [0.15, 0.2) is 5.82 Å². The third-order valence-corrected chi connectivity index (χ3v) is 2.82. The zero-order valence-corrected chi connectivity index (χ0v) is 9.85. The minimum atomic E-state index is -0.515. The first-order valence-electron chi connectivity index (χ1n) is 5.70. The van der Waals surface area contributed by atoms with E-state index < -0.39 is 6.10 Å². The molecule has 0 radical (unpaired) electrons. The highest BCUT2D eigenvalue weighted by Crippen LogP contribution is 2.16. The fraction of sp³-hybridized carbons (Fsp3) is 0.154. The number of aromatic nitrogens is 4. The molecule has 1 unspecified atom stereocenters. The molecule has 0 saturated heterocycles. The Hall–Kier alpha value is -2.27. The molecule has 5 heteroatoms. The van der Waals surface area contributed by atoms with Crippen molar-refractivity contribution >= 4 is 11.0 Å². The summed E-state index contributed by atoms with van der Waals surface area (Å²) >= 11 is 0. The second-order valence-electron chi connectivity index (χ2n) is 4.12. The van der Waals surface area contributed by atoms with Crippen LogP contribution in [-0.2, 0) is 0 Å². The van der Waals surface area contributed by atoms with Gasteiger partial charge in [-0.2, -0.15) is 4.68 Å². The van der Waals surface area contributed by atoms with E-state index in [1.807, 2.05) is 36.4 Å². The topological polar surface area (TPSA) is 63.8 Å². The number of aliphatic hydroxyl groups is 1. The zero-order chi connectivity index (χ0) is 12.5. The molecule has 1 atom stereocenters. The van der Waals surface area contributed by atoms with E-state index in [2.05, 4.69) is 15.3 Å². The van der Waals surface area contributed by atoms with Crippen LogP contribution in [-0.4, -0.2) is 25.1 Å². The maximum absolute atomic E-state index is 9.44. The molecule has 0 aliphatic heterocycles. The van der Waals surface area contributed by atoms with Gasteiger partial charge in [0.05, 0.1) is 11.6 Å². The third kappa shape index (κ3) is 1.74. The van der Waals surface area contributed by atoms with Crippen molar-refractivity contribution in [1.29, 1.82) is 0 Å². The molecule has 0 fully saturated rings. The Labute approximate surface area is 104 Å². The van der Waals surface area contributed by atoms with Crippen LogP contribution in [0.5, 0.6) is 0 Å². The van der Waals surface area contributed by atoms with E-state index in [1.54, 1.807) is 17.8 Å². The average Bonchev–Trinajstić information content (AvgIpc) is 2.82. The van der Waals surface area contributed by atoms with Gasteiger partial charge in [-0.25, -0.2) is 4.98 Å². The van der Waals surface area contributed by atoms with Gasteiger partial charge < -0.3 is 5.11 Å². The lowest BCUT2D eigenvalue weighted by atomic mass is 10.2. The molecule has 3 aromatic rings. The summed E-state index contributed by atoms with van der Waals surface area (Å²) in [6.45, 7) is 1.71. The SMILES string of the molecule is CC(O)c1ccc(-n2nnc3ccccc32)nc1. The highest BCUT2D eigenvalue weighted by molar-refractivity contribution is 5.75. The highest BCUT2D eigenvalue weighted by atomic mass is 16.3. The highest BCUT2D eigenvalue weighted by Gasteiger charge is 2.07. The molecule has 1 aromatic carbocycles.